The molecule has 3 aromatic rings. The zero-order chi connectivity index (χ0) is 18.4. The molecule has 1 heterocycles. The summed E-state index contributed by atoms with van der Waals surface area (Å²) >= 11 is 1.18. The number of amides is 2. The van der Waals surface area contributed by atoms with Crippen LogP contribution in [-0.4, -0.2) is 28.2 Å². The van der Waals surface area contributed by atoms with E-state index in [4.69, 9.17) is 0 Å². The summed E-state index contributed by atoms with van der Waals surface area (Å²) in [6.45, 7) is 1.98. The van der Waals surface area contributed by atoms with Crippen LogP contribution in [0.2, 0.25) is 0 Å². The Morgan fingerprint density at radius 1 is 1.00 bits per heavy atom. The third-order valence-corrected chi connectivity index (χ3v) is 4.22. The van der Waals surface area contributed by atoms with E-state index in [1.54, 1.807) is 0 Å². The van der Waals surface area contributed by atoms with Crippen molar-refractivity contribution in [3.63, 3.8) is 0 Å². The van der Waals surface area contributed by atoms with Gasteiger partial charge in [-0.05, 0) is 12.5 Å². The average molecular weight is 365 g/mol. The van der Waals surface area contributed by atoms with Gasteiger partial charge in [-0.3, -0.25) is 14.9 Å². The van der Waals surface area contributed by atoms with Gasteiger partial charge < -0.3 is 0 Å². The van der Waals surface area contributed by atoms with Crippen molar-refractivity contribution >= 4 is 34.5 Å². The van der Waals surface area contributed by atoms with Crippen molar-refractivity contribution in [2.75, 3.05) is 5.32 Å². The third kappa shape index (κ3) is 4.58. The molecule has 26 heavy (non-hydrogen) atoms. The standard InChI is InChI=1S/C18H15N5O2S/c1-12-7-9-13(10-8-12)11-19-21-16(25)15(24)20-18-23-22-17(26-18)14-5-3-2-4-6-14/h2-11H,1H3,(H,21,25)(H,20,23,24)/b19-11-. The van der Waals surface area contributed by atoms with Crippen LogP contribution in [0, 0.1) is 6.92 Å². The van der Waals surface area contributed by atoms with Gasteiger partial charge in [0, 0.05) is 5.56 Å². The molecule has 0 unspecified atom stereocenters. The van der Waals surface area contributed by atoms with Gasteiger partial charge in [-0.15, -0.1) is 10.2 Å². The molecule has 2 amide bonds. The number of anilines is 1. The fraction of sp³-hybridized carbons (Fsp3) is 0.0556. The van der Waals surface area contributed by atoms with Gasteiger partial charge >= 0.3 is 11.8 Å². The fourth-order valence-corrected chi connectivity index (χ4v) is 2.74. The lowest BCUT2D eigenvalue weighted by Gasteiger charge is -1.99. The zero-order valence-electron chi connectivity index (χ0n) is 13.8. The molecular formula is C18H15N5O2S. The van der Waals surface area contributed by atoms with E-state index in [0.717, 1.165) is 16.7 Å². The molecule has 0 bridgehead atoms. The molecule has 0 aliphatic rings. The molecule has 0 radical (unpaired) electrons. The Morgan fingerprint density at radius 2 is 1.73 bits per heavy atom. The van der Waals surface area contributed by atoms with E-state index < -0.39 is 11.8 Å². The first-order valence-corrected chi connectivity index (χ1v) is 8.53. The van der Waals surface area contributed by atoms with Crippen LogP contribution < -0.4 is 10.7 Å². The second-order valence-electron chi connectivity index (χ2n) is 5.34. The molecule has 2 N–H and O–H groups in total. The topological polar surface area (TPSA) is 96.3 Å². The van der Waals surface area contributed by atoms with E-state index in [9.17, 15) is 9.59 Å². The lowest BCUT2D eigenvalue weighted by atomic mass is 10.2. The van der Waals surface area contributed by atoms with Crippen molar-refractivity contribution in [2.24, 2.45) is 5.10 Å². The second kappa shape index (κ2) is 8.13. The molecule has 130 valence electrons. The molecule has 1 aromatic heterocycles. The van der Waals surface area contributed by atoms with Crippen molar-refractivity contribution in [3.8, 4) is 10.6 Å². The van der Waals surface area contributed by atoms with E-state index in [-0.39, 0.29) is 5.13 Å². The van der Waals surface area contributed by atoms with Crippen LogP contribution in [0.5, 0.6) is 0 Å². The van der Waals surface area contributed by atoms with E-state index in [1.807, 2.05) is 61.5 Å². The Morgan fingerprint density at radius 3 is 2.46 bits per heavy atom. The highest BCUT2D eigenvalue weighted by Crippen LogP contribution is 2.25. The van der Waals surface area contributed by atoms with E-state index in [2.05, 4.69) is 26.0 Å². The fourth-order valence-electron chi connectivity index (χ4n) is 1.99. The highest BCUT2D eigenvalue weighted by Gasteiger charge is 2.16. The number of aromatic nitrogens is 2. The minimum atomic E-state index is -0.884. The Kier molecular flexibility index (Phi) is 5.45. The lowest BCUT2D eigenvalue weighted by Crippen LogP contribution is -2.32. The van der Waals surface area contributed by atoms with Crippen molar-refractivity contribution in [1.29, 1.82) is 0 Å². The van der Waals surface area contributed by atoms with Gasteiger partial charge in [0.2, 0.25) is 5.13 Å². The summed E-state index contributed by atoms with van der Waals surface area (Å²) < 4.78 is 0. The van der Waals surface area contributed by atoms with Gasteiger partial charge in [0.1, 0.15) is 5.01 Å². The molecule has 0 saturated heterocycles. The largest absolute Gasteiger partial charge is 0.329 e. The quantitative estimate of drug-likeness (QED) is 0.422. The van der Waals surface area contributed by atoms with Crippen LogP contribution in [0.3, 0.4) is 0 Å². The normalized spacial score (nSPS) is 10.7. The van der Waals surface area contributed by atoms with Crippen molar-refractivity contribution in [1.82, 2.24) is 15.6 Å². The predicted molar refractivity (Wildman–Crippen MR) is 101 cm³/mol. The summed E-state index contributed by atoms with van der Waals surface area (Å²) in [5.41, 5.74) is 5.00. The van der Waals surface area contributed by atoms with Gasteiger partial charge in [0.15, 0.2) is 0 Å². The number of benzene rings is 2. The molecule has 0 aliphatic heterocycles. The van der Waals surface area contributed by atoms with E-state index in [1.165, 1.54) is 17.6 Å². The Hall–Kier alpha value is -3.39. The molecule has 0 aliphatic carbocycles. The minimum absolute atomic E-state index is 0.242. The molecule has 0 spiro atoms. The predicted octanol–water partition coefficient (Wildman–Crippen LogP) is 2.60. The maximum atomic E-state index is 11.9. The highest BCUT2D eigenvalue weighted by molar-refractivity contribution is 7.18. The summed E-state index contributed by atoms with van der Waals surface area (Å²) in [5, 5.41) is 14.9. The number of carbonyl (C=O) groups excluding carboxylic acids is 2. The van der Waals surface area contributed by atoms with E-state index in [0.29, 0.717) is 5.01 Å². The van der Waals surface area contributed by atoms with E-state index >= 15 is 0 Å². The zero-order valence-corrected chi connectivity index (χ0v) is 14.7. The number of nitrogens with one attached hydrogen (secondary N) is 2. The number of hydrogen-bond donors (Lipinski definition) is 2. The summed E-state index contributed by atoms with van der Waals surface area (Å²) in [6, 6.07) is 17.0. The molecule has 7 nitrogen and oxygen atoms in total. The summed E-state index contributed by atoms with van der Waals surface area (Å²) in [5.74, 6) is -1.74. The first-order chi connectivity index (χ1) is 12.6. The summed E-state index contributed by atoms with van der Waals surface area (Å²) in [4.78, 5) is 23.7. The third-order valence-electron chi connectivity index (χ3n) is 3.33. The Bertz CT molecular complexity index is 936. The van der Waals surface area contributed by atoms with Gasteiger partial charge in [0.05, 0.1) is 6.21 Å². The minimum Gasteiger partial charge on any atom is -0.292 e. The van der Waals surface area contributed by atoms with Crippen LogP contribution >= 0.6 is 11.3 Å². The van der Waals surface area contributed by atoms with Crippen LogP contribution in [0.4, 0.5) is 5.13 Å². The molecule has 0 fully saturated rings. The van der Waals surface area contributed by atoms with Gasteiger partial charge in [-0.1, -0.05) is 71.5 Å². The number of carbonyl (C=O) groups is 2. The van der Waals surface area contributed by atoms with Crippen LogP contribution in [0.1, 0.15) is 11.1 Å². The summed E-state index contributed by atoms with van der Waals surface area (Å²) in [6.07, 6.45) is 1.46. The Labute approximate surface area is 153 Å². The monoisotopic (exact) mass is 365 g/mol. The van der Waals surface area contributed by atoms with Crippen LogP contribution in [0.15, 0.2) is 59.7 Å². The lowest BCUT2D eigenvalue weighted by molar-refractivity contribution is -0.136. The Balaban J connectivity index is 1.55. The molecule has 2 aromatic carbocycles. The van der Waals surface area contributed by atoms with Crippen LogP contribution in [0.25, 0.3) is 10.6 Å². The highest BCUT2D eigenvalue weighted by atomic mass is 32.1. The number of hydrazone groups is 1. The number of aryl methyl sites for hydroxylation is 1. The average Bonchev–Trinajstić information content (AvgIpc) is 3.12. The molecule has 8 heteroatoms. The maximum Gasteiger partial charge on any atom is 0.329 e. The molecular weight excluding hydrogens is 350 g/mol. The molecule has 3 rings (SSSR count). The first kappa shape index (κ1) is 17.4. The van der Waals surface area contributed by atoms with Gasteiger partial charge in [0.25, 0.3) is 0 Å². The number of rotatable bonds is 4. The SMILES string of the molecule is Cc1ccc(/C=N\NC(=O)C(=O)Nc2nnc(-c3ccccc3)s2)cc1. The van der Waals surface area contributed by atoms with Crippen molar-refractivity contribution in [3.05, 3.63) is 65.7 Å². The molecule has 0 atom stereocenters. The number of nitrogens with zero attached hydrogens (tertiary/aromatic N) is 3. The second-order valence-corrected chi connectivity index (χ2v) is 6.32. The molecule has 0 saturated carbocycles. The number of hydrogen-bond acceptors (Lipinski definition) is 6. The van der Waals surface area contributed by atoms with Gasteiger partial charge in [-0.25, -0.2) is 5.43 Å². The van der Waals surface area contributed by atoms with Crippen LogP contribution in [-0.2, 0) is 9.59 Å². The van der Waals surface area contributed by atoms with Gasteiger partial charge in [-0.2, -0.15) is 5.10 Å². The first-order valence-electron chi connectivity index (χ1n) is 7.72. The van der Waals surface area contributed by atoms with Crippen molar-refractivity contribution in [2.45, 2.75) is 6.92 Å². The summed E-state index contributed by atoms with van der Waals surface area (Å²) in [7, 11) is 0. The smallest absolute Gasteiger partial charge is 0.292 e. The van der Waals surface area contributed by atoms with Crippen molar-refractivity contribution < 1.29 is 9.59 Å². The maximum absolute atomic E-state index is 11.9.